The van der Waals surface area contributed by atoms with Crippen molar-refractivity contribution in [3.8, 4) is 0 Å². The van der Waals surface area contributed by atoms with E-state index in [2.05, 4.69) is 20.9 Å². The quantitative estimate of drug-likeness (QED) is 0.851. The number of amides is 1. The van der Waals surface area contributed by atoms with Crippen LogP contribution in [0, 0.1) is 0 Å². The molecule has 100 valence electrons. The fourth-order valence-electron chi connectivity index (χ4n) is 1.96. The van der Waals surface area contributed by atoms with Gasteiger partial charge in [0.05, 0.1) is 12.7 Å². The van der Waals surface area contributed by atoms with E-state index in [0.717, 1.165) is 10.2 Å². The van der Waals surface area contributed by atoms with Crippen molar-refractivity contribution >= 4 is 27.8 Å². The van der Waals surface area contributed by atoms with E-state index < -0.39 is 0 Å². The molecule has 0 aliphatic carbocycles. The van der Waals surface area contributed by atoms with E-state index in [1.54, 1.807) is 11.1 Å². The van der Waals surface area contributed by atoms with E-state index in [1.165, 1.54) is 0 Å². The van der Waals surface area contributed by atoms with Gasteiger partial charge in [-0.1, -0.05) is 44.2 Å². The molecule has 0 fully saturated rings. The SMILES string of the molecule is CC.O=C1Cn2c(Br)cnc2N1Cc1ccccc1. The minimum Gasteiger partial charge on any atom is -0.295 e. The second-order valence-electron chi connectivity index (χ2n) is 3.93. The van der Waals surface area contributed by atoms with Crippen LogP contribution < -0.4 is 4.90 Å². The predicted molar refractivity (Wildman–Crippen MR) is 78.9 cm³/mol. The first kappa shape index (κ1) is 13.8. The summed E-state index contributed by atoms with van der Waals surface area (Å²) in [5.74, 6) is 0.795. The van der Waals surface area contributed by atoms with Gasteiger partial charge in [0.25, 0.3) is 0 Å². The molecule has 1 aliphatic rings. The third-order valence-corrected chi connectivity index (χ3v) is 3.44. The van der Waals surface area contributed by atoms with E-state index >= 15 is 0 Å². The predicted octanol–water partition coefficient (Wildman–Crippen LogP) is 3.22. The van der Waals surface area contributed by atoms with Gasteiger partial charge < -0.3 is 0 Å². The highest BCUT2D eigenvalue weighted by atomic mass is 79.9. The average molecular weight is 322 g/mol. The summed E-state index contributed by atoms with van der Waals surface area (Å²) in [6.07, 6.45) is 1.72. The number of hydrogen-bond acceptors (Lipinski definition) is 2. The lowest BCUT2D eigenvalue weighted by Gasteiger charge is -2.13. The smallest absolute Gasteiger partial charge is 0.249 e. The number of halogens is 1. The maximum absolute atomic E-state index is 11.9. The van der Waals surface area contributed by atoms with Gasteiger partial charge >= 0.3 is 0 Å². The van der Waals surface area contributed by atoms with Crippen molar-refractivity contribution in [1.82, 2.24) is 9.55 Å². The van der Waals surface area contributed by atoms with Gasteiger partial charge in [-0.2, -0.15) is 0 Å². The highest BCUT2D eigenvalue weighted by Gasteiger charge is 2.29. The fourth-order valence-corrected chi connectivity index (χ4v) is 2.35. The summed E-state index contributed by atoms with van der Waals surface area (Å²) >= 11 is 3.38. The molecule has 0 bridgehead atoms. The summed E-state index contributed by atoms with van der Waals surface area (Å²) in [6.45, 7) is 4.94. The van der Waals surface area contributed by atoms with E-state index in [9.17, 15) is 4.79 Å². The summed E-state index contributed by atoms with van der Waals surface area (Å²) in [7, 11) is 0. The second-order valence-corrected chi connectivity index (χ2v) is 4.75. The molecule has 3 rings (SSSR count). The van der Waals surface area contributed by atoms with E-state index in [-0.39, 0.29) is 5.91 Å². The number of anilines is 1. The Morgan fingerprint density at radius 2 is 1.95 bits per heavy atom. The molecule has 2 aromatic rings. The Kier molecular flexibility index (Phi) is 4.37. The molecule has 4 nitrogen and oxygen atoms in total. The van der Waals surface area contributed by atoms with Crippen LogP contribution in [0.5, 0.6) is 0 Å². The zero-order valence-electron chi connectivity index (χ0n) is 11.0. The topological polar surface area (TPSA) is 38.1 Å². The lowest BCUT2D eigenvalue weighted by Crippen LogP contribution is -2.26. The molecular formula is C14H16BrN3O. The monoisotopic (exact) mass is 321 g/mol. The number of carbonyl (C=O) groups excluding carboxylic acids is 1. The molecule has 0 saturated heterocycles. The van der Waals surface area contributed by atoms with Crippen LogP contribution in [0.1, 0.15) is 19.4 Å². The van der Waals surface area contributed by atoms with Crippen LogP contribution in [0.15, 0.2) is 41.1 Å². The van der Waals surface area contributed by atoms with Crippen molar-refractivity contribution in [2.75, 3.05) is 4.90 Å². The number of carbonyl (C=O) groups is 1. The molecule has 0 saturated carbocycles. The number of imidazole rings is 1. The molecule has 0 N–H and O–H groups in total. The Hall–Kier alpha value is -1.62. The zero-order chi connectivity index (χ0) is 13.8. The highest BCUT2D eigenvalue weighted by Crippen LogP contribution is 2.27. The Morgan fingerprint density at radius 3 is 2.63 bits per heavy atom. The second kappa shape index (κ2) is 6.02. The lowest BCUT2D eigenvalue weighted by atomic mass is 10.2. The van der Waals surface area contributed by atoms with Crippen molar-refractivity contribution in [2.24, 2.45) is 0 Å². The van der Waals surface area contributed by atoms with Crippen LogP contribution in [0.2, 0.25) is 0 Å². The van der Waals surface area contributed by atoms with Crippen LogP contribution in [0.3, 0.4) is 0 Å². The van der Waals surface area contributed by atoms with Gasteiger partial charge in [-0.15, -0.1) is 0 Å². The molecule has 1 aromatic carbocycles. The molecule has 0 unspecified atom stereocenters. The Bertz CT molecular complexity index is 565. The third kappa shape index (κ3) is 2.71. The minimum absolute atomic E-state index is 0.0812. The summed E-state index contributed by atoms with van der Waals surface area (Å²) in [4.78, 5) is 17.8. The van der Waals surface area contributed by atoms with Gasteiger partial charge in [-0.05, 0) is 21.5 Å². The molecule has 19 heavy (non-hydrogen) atoms. The fraction of sp³-hybridized carbons (Fsp3) is 0.286. The molecule has 1 amide bonds. The van der Waals surface area contributed by atoms with Crippen LogP contribution >= 0.6 is 15.9 Å². The van der Waals surface area contributed by atoms with Crippen LogP contribution in [-0.4, -0.2) is 15.5 Å². The first-order chi connectivity index (χ1) is 9.25. The molecule has 0 spiro atoms. The van der Waals surface area contributed by atoms with Crippen LogP contribution in [0.4, 0.5) is 5.95 Å². The summed E-state index contributed by atoms with van der Waals surface area (Å²) in [5.41, 5.74) is 1.11. The molecular weight excluding hydrogens is 306 g/mol. The Balaban J connectivity index is 0.000000637. The standard InChI is InChI=1S/C12H10BrN3O.C2H6/c13-10-6-14-12-15(10)8-11(17)16(12)7-9-4-2-1-3-5-9;1-2/h1-6H,7-8H2;1-2H3. The normalized spacial score (nSPS) is 13.0. The average Bonchev–Trinajstić information content (AvgIpc) is 2.95. The summed E-state index contributed by atoms with van der Waals surface area (Å²) < 4.78 is 2.71. The minimum atomic E-state index is 0.0812. The van der Waals surface area contributed by atoms with Crippen molar-refractivity contribution in [1.29, 1.82) is 0 Å². The van der Waals surface area contributed by atoms with E-state index in [4.69, 9.17) is 0 Å². The maximum Gasteiger partial charge on any atom is 0.249 e. The zero-order valence-corrected chi connectivity index (χ0v) is 12.6. The number of benzene rings is 1. The first-order valence-corrected chi connectivity index (χ1v) is 7.10. The van der Waals surface area contributed by atoms with Crippen molar-refractivity contribution < 1.29 is 4.79 Å². The third-order valence-electron chi connectivity index (χ3n) is 2.81. The van der Waals surface area contributed by atoms with Crippen LogP contribution in [0.25, 0.3) is 0 Å². The van der Waals surface area contributed by atoms with Gasteiger partial charge in [0.2, 0.25) is 11.9 Å². The Morgan fingerprint density at radius 1 is 1.26 bits per heavy atom. The van der Waals surface area contributed by atoms with Gasteiger partial charge in [0.15, 0.2) is 0 Å². The molecule has 1 aromatic heterocycles. The summed E-state index contributed by atoms with van der Waals surface area (Å²) in [5, 5.41) is 0. The van der Waals surface area contributed by atoms with Crippen molar-refractivity contribution in [2.45, 2.75) is 26.9 Å². The molecule has 0 atom stereocenters. The molecule has 1 aliphatic heterocycles. The number of nitrogens with zero attached hydrogens (tertiary/aromatic N) is 3. The number of fused-ring (bicyclic) bond motifs is 1. The number of rotatable bonds is 2. The highest BCUT2D eigenvalue weighted by molar-refractivity contribution is 9.10. The van der Waals surface area contributed by atoms with E-state index in [0.29, 0.717) is 19.0 Å². The number of aromatic nitrogens is 2. The molecule has 0 radical (unpaired) electrons. The number of hydrogen-bond donors (Lipinski definition) is 0. The Labute approximate surface area is 121 Å². The first-order valence-electron chi connectivity index (χ1n) is 6.31. The summed E-state index contributed by atoms with van der Waals surface area (Å²) in [6, 6.07) is 9.92. The molecule has 5 heteroatoms. The van der Waals surface area contributed by atoms with Crippen LogP contribution in [-0.2, 0) is 17.9 Å². The van der Waals surface area contributed by atoms with Gasteiger partial charge in [0.1, 0.15) is 11.1 Å². The van der Waals surface area contributed by atoms with E-state index in [1.807, 2.05) is 48.7 Å². The largest absolute Gasteiger partial charge is 0.295 e. The van der Waals surface area contributed by atoms with Gasteiger partial charge in [0, 0.05) is 0 Å². The van der Waals surface area contributed by atoms with Gasteiger partial charge in [-0.25, -0.2) is 4.98 Å². The van der Waals surface area contributed by atoms with Crippen molar-refractivity contribution in [3.63, 3.8) is 0 Å². The van der Waals surface area contributed by atoms with Crippen molar-refractivity contribution in [3.05, 3.63) is 46.7 Å². The molecule has 2 heterocycles. The van der Waals surface area contributed by atoms with Gasteiger partial charge in [-0.3, -0.25) is 14.3 Å². The lowest BCUT2D eigenvalue weighted by molar-refractivity contribution is -0.118. The maximum atomic E-state index is 11.9.